The van der Waals surface area contributed by atoms with Gasteiger partial charge in [0.15, 0.2) is 0 Å². The van der Waals surface area contributed by atoms with E-state index in [1.165, 1.54) is 12.1 Å². The number of alkyl carbamates (subject to hydrolysis) is 1. The van der Waals surface area contributed by atoms with E-state index in [1.54, 1.807) is 6.20 Å². The first-order valence-corrected chi connectivity index (χ1v) is 10.8. The highest BCUT2D eigenvalue weighted by molar-refractivity contribution is 5.67. The highest BCUT2D eigenvalue weighted by atomic mass is 19.1. The summed E-state index contributed by atoms with van der Waals surface area (Å²) < 4.78 is 18.6. The Kier molecular flexibility index (Phi) is 7.30. The van der Waals surface area contributed by atoms with Crippen LogP contribution in [0.1, 0.15) is 17.2 Å². The minimum absolute atomic E-state index is 0.0108. The lowest BCUT2D eigenvalue weighted by Gasteiger charge is -2.40. The summed E-state index contributed by atoms with van der Waals surface area (Å²) in [6.45, 7) is 3.94. The van der Waals surface area contributed by atoms with Gasteiger partial charge < -0.3 is 15.0 Å². The highest BCUT2D eigenvalue weighted by Crippen LogP contribution is 2.24. The van der Waals surface area contributed by atoms with Crippen molar-refractivity contribution in [2.45, 2.75) is 12.6 Å². The molecule has 1 aliphatic heterocycles. The lowest BCUT2D eigenvalue weighted by Crippen LogP contribution is -2.50. The van der Waals surface area contributed by atoms with E-state index in [-0.39, 0.29) is 18.5 Å². The molecule has 1 aliphatic rings. The monoisotopic (exact) mass is 434 g/mol. The van der Waals surface area contributed by atoms with Crippen LogP contribution < -0.4 is 10.2 Å². The van der Waals surface area contributed by atoms with E-state index in [0.29, 0.717) is 6.54 Å². The number of amides is 1. The zero-order valence-electron chi connectivity index (χ0n) is 17.9. The molecule has 0 radical (unpaired) electrons. The number of carbonyl (C=O) groups excluding carboxylic acids is 1. The third-order valence-corrected chi connectivity index (χ3v) is 5.67. The summed E-state index contributed by atoms with van der Waals surface area (Å²) in [5, 5.41) is 2.91. The summed E-state index contributed by atoms with van der Waals surface area (Å²) >= 11 is 0. The first-order chi connectivity index (χ1) is 15.7. The molecule has 1 fully saturated rings. The molecule has 1 atom stereocenters. The molecule has 0 unspecified atom stereocenters. The molecule has 3 aromatic rings. The fraction of sp³-hybridized carbons (Fsp3) is 0.280. The molecule has 6 nitrogen and oxygen atoms in total. The van der Waals surface area contributed by atoms with E-state index in [9.17, 15) is 9.18 Å². The number of piperazine rings is 1. The number of benzene rings is 2. The van der Waals surface area contributed by atoms with Gasteiger partial charge in [-0.15, -0.1) is 0 Å². The molecule has 4 rings (SSSR count). The maximum atomic E-state index is 13.2. The molecule has 1 saturated heterocycles. The number of halogens is 1. The molecule has 0 bridgehead atoms. The van der Waals surface area contributed by atoms with Gasteiger partial charge in [0, 0.05) is 50.8 Å². The Morgan fingerprint density at radius 3 is 2.44 bits per heavy atom. The predicted molar refractivity (Wildman–Crippen MR) is 122 cm³/mol. The van der Waals surface area contributed by atoms with E-state index in [0.717, 1.165) is 43.0 Å². The Bertz CT molecular complexity index is 978. The van der Waals surface area contributed by atoms with E-state index < -0.39 is 6.09 Å². The number of nitrogens with zero attached hydrogens (tertiary/aromatic N) is 3. The third-order valence-electron chi connectivity index (χ3n) is 5.67. The molecule has 0 aliphatic carbocycles. The Morgan fingerprint density at radius 1 is 1.00 bits per heavy atom. The van der Waals surface area contributed by atoms with Crippen LogP contribution in [0.25, 0.3) is 0 Å². The van der Waals surface area contributed by atoms with Gasteiger partial charge in [-0.2, -0.15) is 0 Å². The van der Waals surface area contributed by atoms with Gasteiger partial charge in [0.1, 0.15) is 12.4 Å². The fourth-order valence-electron chi connectivity index (χ4n) is 3.93. The van der Waals surface area contributed by atoms with Crippen LogP contribution in [0.15, 0.2) is 79.1 Å². The zero-order valence-corrected chi connectivity index (χ0v) is 17.9. The molecule has 32 heavy (non-hydrogen) atoms. The largest absolute Gasteiger partial charge is 0.445 e. The first kappa shape index (κ1) is 21.8. The summed E-state index contributed by atoms with van der Waals surface area (Å²) in [7, 11) is 0. The van der Waals surface area contributed by atoms with Crippen LogP contribution in [0.4, 0.5) is 14.9 Å². The lowest BCUT2D eigenvalue weighted by atomic mass is 10.1. The van der Waals surface area contributed by atoms with Crippen molar-refractivity contribution in [1.29, 1.82) is 0 Å². The van der Waals surface area contributed by atoms with Gasteiger partial charge >= 0.3 is 6.09 Å². The van der Waals surface area contributed by atoms with Crippen molar-refractivity contribution < 1.29 is 13.9 Å². The second-order valence-electron chi connectivity index (χ2n) is 7.74. The van der Waals surface area contributed by atoms with Crippen LogP contribution in [0.5, 0.6) is 0 Å². The van der Waals surface area contributed by atoms with Crippen LogP contribution in [0.2, 0.25) is 0 Å². The topological polar surface area (TPSA) is 57.7 Å². The molecule has 1 amide bonds. The van der Waals surface area contributed by atoms with Gasteiger partial charge in [-0.3, -0.25) is 9.88 Å². The fourth-order valence-corrected chi connectivity index (χ4v) is 3.93. The standard InChI is InChI=1S/C25H27FN4O2/c26-22-8-10-23(11-9-22)29-13-15-30(16-14-29)24(21-7-4-12-27-17-21)18-28-25(31)32-19-20-5-2-1-3-6-20/h1-12,17,24H,13-16,18-19H2,(H,28,31)/t24-/m0/s1. The van der Waals surface area contributed by atoms with Crippen molar-refractivity contribution in [2.24, 2.45) is 0 Å². The first-order valence-electron chi connectivity index (χ1n) is 10.8. The Labute approximate surface area is 187 Å². The molecular weight excluding hydrogens is 407 g/mol. The smallest absolute Gasteiger partial charge is 0.407 e. The summed E-state index contributed by atoms with van der Waals surface area (Å²) in [5.41, 5.74) is 3.01. The number of carbonyl (C=O) groups is 1. The molecular formula is C25H27FN4O2. The molecule has 2 aromatic carbocycles. The van der Waals surface area contributed by atoms with Gasteiger partial charge in [0.25, 0.3) is 0 Å². The van der Waals surface area contributed by atoms with Gasteiger partial charge in [-0.1, -0.05) is 36.4 Å². The molecule has 1 N–H and O–H groups in total. The molecule has 2 heterocycles. The van der Waals surface area contributed by atoms with Crippen LogP contribution >= 0.6 is 0 Å². The van der Waals surface area contributed by atoms with Crippen LogP contribution in [0.3, 0.4) is 0 Å². The van der Waals surface area contributed by atoms with Crippen molar-refractivity contribution in [1.82, 2.24) is 15.2 Å². The highest BCUT2D eigenvalue weighted by Gasteiger charge is 2.26. The predicted octanol–water partition coefficient (Wildman–Crippen LogP) is 4.01. The third kappa shape index (κ3) is 5.82. The SMILES string of the molecule is O=C(NC[C@@H](c1cccnc1)N1CCN(c2ccc(F)cc2)CC1)OCc1ccccc1. The van der Waals surface area contributed by atoms with Gasteiger partial charge in [-0.05, 0) is 41.5 Å². The lowest BCUT2D eigenvalue weighted by molar-refractivity contribution is 0.130. The van der Waals surface area contributed by atoms with E-state index >= 15 is 0 Å². The number of hydrogen-bond acceptors (Lipinski definition) is 5. The van der Waals surface area contributed by atoms with Crippen molar-refractivity contribution in [3.05, 3.63) is 96.1 Å². The van der Waals surface area contributed by atoms with Crippen LogP contribution in [-0.2, 0) is 11.3 Å². The second-order valence-corrected chi connectivity index (χ2v) is 7.74. The minimum Gasteiger partial charge on any atom is -0.445 e. The minimum atomic E-state index is -0.437. The van der Waals surface area contributed by atoms with Crippen molar-refractivity contribution in [3.63, 3.8) is 0 Å². The maximum Gasteiger partial charge on any atom is 0.407 e. The summed E-state index contributed by atoms with van der Waals surface area (Å²) in [6.07, 6.45) is 3.15. The number of rotatable bonds is 7. The number of anilines is 1. The second kappa shape index (κ2) is 10.7. The molecule has 166 valence electrons. The van der Waals surface area contributed by atoms with Crippen molar-refractivity contribution in [2.75, 3.05) is 37.6 Å². The van der Waals surface area contributed by atoms with E-state index in [4.69, 9.17) is 4.74 Å². The summed E-state index contributed by atoms with van der Waals surface area (Å²) in [6, 6.07) is 20.1. The Balaban J connectivity index is 1.35. The number of hydrogen-bond donors (Lipinski definition) is 1. The quantitative estimate of drug-likeness (QED) is 0.609. The molecule has 0 saturated carbocycles. The number of nitrogens with one attached hydrogen (secondary N) is 1. The molecule has 0 spiro atoms. The molecule has 1 aromatic heterocycles. The van der Waals surface area contributed by atoms with Crippen LogP contribution in [-0.4, -0.2) is 48.7 Å². The Hall–Kier alpha value is -3.45. The van der Waals surface area contributed by atoms with Gasteiger partial charge in [0.05, 0.1) is 6.04 Å². The average Bonchev–Trinajstić information content (AvgIpc) is 2.85. The summed E-state index contributed by atoms with van der Waals surface area (Å²) in [4.78, 5) is 21.1. The van der Waals surface area contributed by atoms with Gasteiger partial charge in [0.2, 0.25) is 0 Å². The Morgan fingerprint density at radius 2 is 1.75 bits per heavy atom. The average molecular weight is 435 g/mol. The van der Waals surface area contributed by atoms with E-state index in [1.807, 2.05) is 60.8 Å². The van der Waals surface area contributed by atoms with Crippen LogP contribution in [0, 0.1) is 5.82 Å². The normalized spacial score (nSPS) is 15.2. The number of pyridine rings is 1. The zero-order chi connectivity index (χ0) is 22.2. The number of ether oxygens (including phenoxy) is 1. The van der Waals surface area contributed by atoms with Crippen molar-refractivity contribution in [3.8, 4) is 0 Å². The van der Waals surface area contributed by atoms with E-state index in [2.05, 4.69) is 20.1 Å². The maximum absolute atomic E-state index is 13.2. The van der Waals surface area contributed by atoms with Crippen molar-refractivity contribution >= 4 is 11.8 Å². The number of aromatic nitrogens is 1. The molecule has 7 heteroatoms. The van der Waals surface area contributed by atoms with Gasteiger partial charge in [-0.25, -0.2) is 9.18 Å². The summed E-state index contributed by atoms with van der Waals surface area (Å²) in [5.74, 6) is -0.228.